The number of halogens is 1. The van der Waals surface area contributed by atoms with E-state index in [0.717, 1.165) is 70.3 Å². The lowest BCUT2D eigenvalue weighted by Crippen LogP contribution is -2.55. The Bertz CT molecular complexity index is 791. The van der Waals surface area contributed by atoms with E-state index in [9.17, 15) is 4.79 Å². The van der Waals surface area contributed by atoms with Crippen molar-refractivity contribution in [1.82, 2.24) is 29.8 Å². The molecule has 2 saturated heterocycles. The molecule has 0 aliphatic carbocycles. The van der Waals surface area contributed by atoms with Gasteiger partial charge in [-0.05, 0) is 31.1 Å². The van der Waals surface area contributed by atoms with Crippen LogP contribution in [0.2, 0.25) is 0 Å². The second-order valence-corrected chi connectivity index (χ2v) is 9.61. The van der Waals surface area contributed by atoms with Crippen LogP contribution >= 0.6 is 24.0 Å². The van der Waals surface area contributed by atoms with Crippen LogP contribution in [0.1, 0.15) is 51.1 Å². The summed E-state index contributed by atoms with van der Waals surface area (Å²) in [6.45, 7) is 15.5. The number of rotatable bonds is 6. The van der Waals surface area contributed by atoms with Gasteiger partial charge in [-0.25, -0.2) is 0 Å². The largest absolute Gasteiger partial charge is 0.352 e. The molecule has 3 heterocycles. The van der Waals surface area contributed by atoms with Crippen molar-refractivity contribution < 1.29 is 4.79 Å². The van der Waals surface area contributed by atoms with Gasteiger partial charge in [0.15, 0.2) is 5.96 Å². The fourth-order valence-corrected chi connectivity index (χ4v) is 5.37. The number of amides is 1. The van der Waals surface area contributed by atoms with Gasteiger partial charge >= 0.3 is 0 Å². The number of piperazine rings is 1. The Kier molecular flexibility index (Phi) is 10.9. The van der Waals surface area contributed by atoms with Crippen molar-refractivity contribution in [2.75, 3.05) is 52.9 Å². The Morgan fingerprint density at radius 1 is 1.06 bits per heavy atom. The summed E-state index contributed by atoms with van der Waals surface area (Å²) in [6, 6.07) is 0. The first-order valence-corrected chi connectivity index (χ1v) is 12.3. The molecule has 2 aliphatic heterocycles. The molecular weight excluding hydrogens is 529 g/mol. The van der Waals surface area contributed by atoms with Crippen molar-refractivity contribution in [3.05, 3.63) is 17.0 Å². The van der Waals surface area contributed by atoms with Crippen LogP contribution in [0.25, 0.3) is 0 Å². The van der Waals surface area contributed by atoms with Gasteiger partial charge in [0.05, 0.1) is 12.2 Å². The molecule has 2 unspecified atom stereocenters. The van der Waals surface area contributed by atoms with Gasteiger partial charge in [-0.1, -0.05) is 27.7 Å². The summed E-state index contributed by atoms with van der Waals surface area (Å²) in [5, 5.41) is 8.25. The molecule has 0 saturated carbocycles. The molecule has 3 rings (SSSR count). The first-order chi connectivity index (χ1) is 15.4. The Hall–Kier alpha value is -1.36. The molecule has 1 aromatic heterocycles. The van der Waals surface area contributed by atoms with Crippen molar-refractivity contribution in [3.63, 3.8) is 0 Å². The molecule has 2 atom stereocenters. The molecule has 0 radical (unpaired) electrons. The van der Waals surface area contributed by atoms with Gasteiger partial charge in [0.1, 0.15) is 0 Å². The van der Waals surface area contributed by atoms with E-state index in [2.05, 4.69) is 57.8 Å². The number of aliphatic imine (C=N–C) groups is 1. The monoisotopic (exact) mass is 573 g/mol. The second-order valence-electron chi connectivity index (χ2n) is 9.61. The highest BCUT2D eigenvalue weighted by molar-refractivity contribution is 14.0. The van der Waals surface area contributed by atoms with E-state index in [1.807, 2.05) is 18.8 Å². The van der Waals surface area contributed by atoms with E-state index in [0.29, 0.717) is 18.4 Å². The van der Waals surface area contributed by atoms with E-state index in [4.69, 9.17) is 0 Å². The first kappa shape index (κ1) is 27.9. The second kappa shape index (κ2) is 12.9. The topological polar surface area (TPSA) is 69.0 Å². The quantitative estimate of drug-likeness (QED) is 0.322. The number of guanidine groups is 1. The summed E-state index contributed by atoms with van der Waals surface area (Å²) in [6.07, 6.45) is 3.14. The smallest absolute Gasteiger partial charge is 0.236 e. The zero-order valence-electron chi connectivity index (χ0n) is 21.4. The number of hydrogen-bond acceptors (Lipinski definition) is 4. The summed E-state index contributed by atoms with van der Waals surface area (Å²) >= 11 is 0. The predicted octanol–water partition coefficient (Wildman–Crippen LogP) is 2.36. The van der Waals surface area contributed by atoms with Gasteiger partial charge in [-0.15, -0.1) is 24.0 Å². The SMILES string of the molecule is CCc1nn(C)c(CC)c1CNC(=NC)N1CCN(CC(=O)N2CC(C)CC(C)C2)CC1.I. The van der Waals surface area contributed by atoms with Gasteiger partial charge in [-0.2, -0.15) is 5.10 Å². The molecule has 8 nitrogen and oxygen atoms in total. The minimum Gasteiger partial charge on any atom is -0.352 e. The number of piperidine rings is 1. The van der Waals surface area contributed by atoms with Crippen molar-refractivity contribution in [2.45, 2.75) is 53.5 Å². The molecule has 0 aromatic carbocycles. The summed E-state index contributed by atoms with van der Waals surface area (Å²) in [5.74, 6) is 2.43. The molecule has 9 heteroatoms. The van der Waals surface area contributed by atoms with Crippen LogP contribution in [0.4, 0.5) is 0 Å². The van der Waals surface area contributed by atoms with Crippen LogP contribution in [0.3, 0.4) is 0 Å². The Morgan fingerprint density at radius 3 is 2.24 bits per heavy atom. The van der Waals surface area contributed by atoms with E-state index in [-0.39, 0.29) is 29.9 Å². The minimum atomic E-state index is 0. The minimum absolute atomic E-state index is 0. The molecule has 188 valence electrons. The van der Waals surface area contributed by atoms with Crippen LogP contribution in [0.5, 0.6) is 0 Å². The van der Waals surface area contributed by atoms with Crippen LogP contribution in [-0.2, 0) is 31.2 Å². The maximum absolute atomic E-state index is 12.8. The molecule has 0 spiro atoms. The Labute approximate surface area is 217 Å². The highest BCUT2D eigenvalue weighted by atomic mass is 127. The molecule has 1 N–H and O–H groups in total. The predicted molar refractivity (Wildman–Crippen MR) is 145 cm³/mol. The molecule has 0 bridgehead atoms. The van der Waals surface area contributed by atoms with Gasteiger partial charge in [0.2, 0.25) is 5.91 Å². The van der Waals surface area contributed by atoms with Crippen LogP contribution in [0, 0.1) is 11.8 Å². The summed E-state index contributed by atoms with van der Waals surface area (Å²) < 4.78 is 2.01. The van der Waals surface area contributed by atoms with Crippen LogP contribution in [-0.4, -0.2) is 89.2 Å². The number of aryl methyl sites for hydroxylation is 2. The third kappa shape index (κ3) is 7.07. The highest BCUT2D eigenvalue weighted by Crippen LogP contribution is 2.21. The summed E-state index contributed by atoms with van der Waals surface area (Å²) in [5.41, 5.74) is 3.75. The van der Waals surface area contributed by atoms with E-state index < -0.39 is 0 Å². The Morgan fingerprint density at radius 2 is 1.70 bits per heavy atom. The molecule has 2 aliphatic rings. The number of nitrogens with one attached hydrogen (secondary N) is 1. The maximum atomic E-state index is 12.8. The van der Waals surface area contributed by atoms with Gasteiger partial charge < -0.3 is 15.1 Å². The van der Waals surface area contributed by atoms with Crippen molar-refractivity contribution >= 4 is 35.8 Å². The molecule has 2 fully saturated rings. The summed E-state index contributed by atoms with van der Waals surface area (Å²) in [4.78, 5) is 24.0. The molecule has 1 amide bonds. The van der Waals surface area contributed by atoms with Gasteiger partial charge in [-0.3, -0.25) is 19.4 Å². The lowest BCUT2D eigenvalue weighted by molar-refractivity contribution is -0.135. The third-order valence-electron chi connectivity index (χ3n) is 6.92. The van der Waals surface area contributed by atoms with E-state index in [1.54, 1.807) is 0 Å². The third-order valence-corrected chi connectivity index (χ3v) is 6.92. The van der Waals surface area contributed by atoms with Crippen molar-refractivity contribution in [2.24, 2.45) is 23.9 Å². The number of nitrogens with zero attached hydrogens (tertiary/aromatic N) is 6. The average molecular weight is 574 g/mol. The zero-order valence-corrected chi connectivity index (χ0v) is 23.8. The lowest BCUT2D eigenvalue weighted by atomic mass is 9.92. The fraction of sp³-hybridized carbons (Fsp3) is 0.792. The fourth-order valence-electron chi connectivity index (χ4n) is 5.37. The van der Waals surface area contributed by atoms with Gasteiger partial charge in [0.25, 0.3) is 0 Å². The van der Waals surface area contributed by atoms with Crippen molar-refractivity contribution in [3.8, 4) is 0 Å². The molecule has 1 aromatic rings. The summed E-state index contributed by atoms with van der Waals surface area (Å²) in [7, 11) is 3.88. The van der Waals surface area contributed by atoms with E-state index in [1.165, 1.54) is 17.7 Å². The maximum Gasteiger partial charge on any atom is 0.236 e. The van der Waals surface area contributed by atoms with Crippen LogP contribution < -0.4 is 5.32 Å². The highest BCUT2D eigenvalue weighted by Gasteiger charge is 2.28. The van der Waals surface area contributed by atoms with Crippen molar-refractivity contribution in [1.29, 1.82) is 0 Å². The molecule has 33 heavy (non-hydrogen) atoms. The first-order valence-electron chi connectivity index (χ1n) is 12.3. The van der Waals surface area contributed by atoms with Crippen LogP contribution in [0.15, 0.2) is 4.99 Å². The number of carbonyl (C=O) groups is 1. The zero-order chi connectivity index (χ0) is 23.3. The Balaban J connectivity index is 0.00000385. The molecular formula is C24H44IN7O. The standard InChI is InChI=1S/C24H43N7O.HI/c1-7-21-20(22(8-2)28(6)27-21)14-26-24(25-5)30-11-9-29(10-12-30)17-23(32)31-15-18(3)13-19(4)16-31;/h18-19H,7-17H2,1-6H3,(H,25,26);1H. The normalized spacial score (nSPS) is 22.3. The number of likely N-dealkylation sites (tertiary alicyclic amines) is 1. The number of aromatic nitrogens is 2. The average Bonchev–Trinajstić information content (AvgIpc) is 3.08. The number of carbonyl (C=O) groups excluding carboxylic acids is 1. The lowest BCUT2D eigenvalue weighted by Gasteiger charge is -2.39. The number of hydrogen-bond donors (Lipinski definition) is 1. The van der Waals surface area contributed by atoms with E-state index >= 15 is 0 Å². The van der Waals surface area contributed by atoms with Gasteiger partial charge in [0, 0.05) is 71.2 Å².